The zero-order valence-electron chi connectivity index (χ0n) is 17.1. The van der Waals surface area contributed by atoms with Crippen LogP contribution < -0.4 is 11.1 Å². The number of hydrazone groups is 1. The lowest BCUT2D eigenvalue weighted by Gasteiger charge is -2.46. The SMILES string of the molecule is C=C(C)N1N=C(c2cc(F)cc(C)c2F)OC12c1cc(F)c(F)cc1NCC2CCN. The highest BCUT2D eigenvalue weighted by Crippen LogP contribution is 2.51. The first-order valence-electron chi connectivity index (χ1n) is 9.81. The number of hydrogen-bond donors (Lipinski definition) is 2. The molecule has 2 unspecified atom stereocenters. The quantitative estimate of drug-likeness (QED) is 0.704. The van der Waals surface area contributed by atoms with Crippen LogP contribution in [0.2, 0.25) is 0 Å². The van der Waals surface area contributed by atoms with E-state index in [9.17, 15) is 17.6 Å². The fourth-order valence-corrected chi connectivity index (χ4v) is 4.24. The summed E-state index contributed by atoms with van der Waals surface area (Å²) in [6.45, 7) is 7.61. The predicted molar refractivity (Wildman–Crippen MR) is 109 cm³/mol. The Hall–Kier alpha value is -3.07. The van der Waals surface area contributed by atoms with Crippen LogP contribution in [0.4, 0.5) is 23.2 Å². The van der Waals surface area contributed by atoms with Crippen LogP contribution in [0.15, 0.2) is 41.6 Å². The van der Waals surface area contributed by atoms with Gasteiger partial charge in [0.05, 0.1) is 5.56 Å². The average Bonchev–Trinajstić information content (AvgIpc) is 3.10. The number of halogens is 4. The Morgan fingerprint density at radius 3 is 2.65 bits per heavy atom. The molecule has 2 aliphatic heterocycles. The number of fused-ring (bicyclic) bond motifs is 2. The Morgan fingerprint density at radius 2 is 1.97 bits per heavy atom. The fraction of sp³-hybridized carbons (Fsp3) is 0.318. The van der Waals surface area contributed by atoms with Crippen LogP contribution in [0, 0.1) is 36.1 Å². The number of nitrogens with two attached hydrogens (primary N) is 1. The van der Waals surface area contributed by atoms with E-state index in [0.717, 1.165) is 24.3 Å². The van der Waals surface area contributed by atoms with Gasteiger partial charge in [0.1, 0.15) is 11.6 Å². The summed E-state index contributed by atoms with van der Waals surface area (Å²) < 4.78 is 63.4. The molecule has 2 aromatic rings. The fourth-order valence-electron chi connectivity index (χ4n) is 4.24. The van der Waals surface area contributed by atoms with Crippen molar-refractivity contribution in [2.45, 2.75) is 26.0 Å². The maximum absolute atomic E-state index is 14.9. The van der Waals surface area contributed by atoms with Crippen molar-refractivity contribution in [2.75, 3.05) is 18.4 Å². The number of benzene rings is 2. The molecule has 0 saturated carbocycles. The molecule has 164 valence electrons. The number of ether oxygens (including phenoxy) is 1. The van der Waals surface area contributed by atoms with E-state index in [2.05, 4.69) is 17.0 Å². The number of rotatable bonds is 4. The normalized spacial score (nSPS) is 22.1. The number of hydrogen-bond acceptors (Lipinski definition) is 5. The molecule has 31 heavy (non-hydrogen) atoms. The minimum absolute atomic E-state index is 0.0847. The van der Waals surface area contributed by atoms with Gasteiger partial charge in [-0.1, -0.05) is 6.58 Å². The van der Waals surface area contributed by atoms with E-state index in [4.69, 9.17) is 10.5 Å². The second-order valence-electron chi connectivity index (χ2n) is 7.80. The van der Waals surface area contributed by atoms with Gasteiger partial charge in [-0.2, -0.15) is 0 Å². The first kappa shape index (κ1) is 21.2. The highest BCUT2D eigenvalue weighted by molar-refractivity contribution is 5.96. The molecule has 9 heteroatoms. The molecule has 0 bridgehead atoms. The van der Waals surface area contributed by atoms with Gasteiger partial charge in [0, 0.05) is 35.5 Å². The summed E-state index contributed by atoms with van der Waals surface area (Å²) in [4.78, 5) is 0. The molecule has 2 aromatic carbocycles. The maximum Gasteiger partial charge on any atom is 0.244 e. The Balaban J connectivity index is 1.94. The molecule has 0 amide bonds. The smallest absolute Gasteiger partial charge is 0.244 e. The van der Waals surface area contributed by atoms with Gasteiger partial charge >= 0.3 is 0 Å². The van der Waals surface area contributed by atoms with Crippen LogP contribution in [0.1, 0.15) is 30.0 Å². The highest BCUT2D eigenvalue weighted by atomic mass is 19.2. The summed E-state index contributed by atoms with van der Waals surface area (Å²) in [5, 5.41) is 8.89. The maximum atomic E-state index is 14.9. The van der Waals surface area contributed by atoms with Gasteiger partial charge in [0.25, 0.3) is 0 Å². The lowest BCUT2D eigenvalue weighted by atomic mass is 9.81. The van der Waals surface area contributed by atoms with Crippen molar-refractivity contribution in [3.63, 3.8) is 0 Å². The van der Waals surface area contributed by atoms with E-state index < -0.39 is 29.0 Å². The van der Waals surface area contributed by atoms with Gasteiger partial charge in [-0.05, 0) is 50.6 Å². The third kappa shape index (κ3) is 3.23. The summed E-state index contributed by atoms with van der Waals surface area (Å²) in [5.41, 5.74) is 5.27. The van der Waals surface area contributed by atoms with Crippen molar-refractivity contribution in [2.24, 2.45) is 16.8 Å². The minimum Gasteiger partial charge on any atom is -0.443 e. The molecule has 5 nitrogen and oxygen atoms in total. The van der Waals surface area contributed by atoms with Crippen LogP contribution in [0.5, 0.6) is 0 Å². The number of aryl methyl sites for hydroxylation is 1. The Kier molecular flexibility index (Phi) is 5.17. The molecule has 2 atom stereocenters. The number of allylic oxidation sites excluding steroid dienone is 1. The zero-order valence-corrected chi connectivity index (χ0v) is 17.1. The van der Waals surface area contributed by atoms with Crippen molar-refractivity contribution in [1.82, 2.24) is 5.01 Å². The molecule has 2 heterocycles. The largest absolute Gasteiger partial charge is 0.443 e. The standard InChI is InChI=1S/C22H22F4N4O/c1-11(2)30-22(31-21(29-30)15-7-14(23)6-12(3)20(15)26)13(4-5-27)10-28-19-9-18(25)17(24)8-16(19)22/h6-9,13,28H,1,4-5,10,27H2,2-3H3. The average molecular weight is 434 g/mol. The van der Waals surface area contributed by atoms with Crippen molar-refractivity contribution >= 4 is 11.6 Å². The topological polar surface area (TPSA) is 62.9 Å². The van der Waals surface area contributed by atoms with Crippen molar-refractivity contribution in [3.05, 3.63) is 76.5 Å². The lowest BCUT2D eigenvalue weighted by molar-refractivity contribution is -0.101. The molecule has 0 aromatic heterocycles. The van der Waals surface area contributed by atoms with Gasteiger partial charge < -0.3 is 15.8 Å². The third-order valence-electron chi connectivity index (χ3n) is 5.62. The highest BCUT2D eigenvalue weighted by Gasteiger charge is 2.56. The molecule has 4 rings (SSSR count). The molecule has 0 radical (unpaired) electrons. The summed E-state index contributed by atoms with van der Waals surface area (Å²) in [6, 6.07) is 4.12. The molecule has 3 N–H and O–H groups in total. The molecule has 1 spiro atoms. The summed E-state index contributed by atoms with van der Waals surface area (Å²) >= 11 is 0. The lowest BCUT2D eigenvalue weighted by Crippen LogP contribution is -2.53. The van der Waals surface area contributed by atoms with E-state index in [1.165, 1.54) is 11.9 Å². The molecular formula is C22H22F4N4O. The van der Waals surface area contributed by atoms with Crippen molar-refractivity contribution < 1.29 is 22.3 Å². The summed E-state index contributed by atoms with van der Waals surface area (Å²) in [6.07, 6.45) is 0.433. The van der Waals surface area contributed by atoms with Crippen LogP contribution >= 0.6 is 0 Å². The number of anilines is 1. The number of nitrogens with one attached hydrogen (secondary N) is 1. The summed E-state index contributed by atoms with van der Waals surface area (Å²) in [7, 11) is 0. The third-order valence-corrected chi connectivity index (χ3v) is 5.62. The molecular weight excluding hydrogens is 412 g/mol. The van der Waals surface area contributed by atoms with Gasteiger partial charge in [0.2, 0.25) is 11.6 Å². The minimum atomic E-state index is -1.46. The van der Waals surface area contributed by atoms with E-state index in [0.29, 0.717) is 24.4 Å². The molecule has 0 aliphatic carbocycles. The second-order valence-corrected chi connectivity index (χ2v) is 7.80. The molecule has 2 aliphatic rings. The first-order chi connectivity index (χ1) is 14.7. The summed E-state index contributed by atoms with van der Waals surface area (Å²) in [5.74, 6) is -3.99. The van der Waals surface area contributed by atoms with Crippen molar-refractivity contribution in [3.8, 4) is 0 Å². The van der Waals surface area contributed by atoms with Gasteiger partial charge in [0.15, 0.2) is 11.6 Å². The Labute approximate surface area is 177 Å². The predicted octanol–water partition coefficient (Wildman–Crippen LogP) is 4.32. The van der Waals surface area contributed by atoms with Crippen LogP contribution in [-0.2, 0) is 10.5 Å². The van der Waals surface area contributed by atoms with E-state index >= 15 is 0 Å². The first-order valence-corrected chi connectivity index (χ1v) is 9.81. The van der Waals surface area contributed by atoms with Gasteiger partial charge in [-0.15, -0.1) is 5.10 Å². The molecule has 0 saturated heterocycles. The van der Waals surface area contributed by atoms with Gasteiger partial charge in [-0.25, -0.2) is 22.6 Å². The van der Waals surface area contributed by atoms with Gasteiger partial charge in [-0.3, -0.25) is 0 Å². The molecule has 0 fully saturated rings. The Bertz CT molecular complexity index is 1100. The van der Waals surface area contributed by atoms with E-state index in [1.807, 2.05) is 0 Å². The van der Waals surface area contributed by atoms with E-state index in [-0.39, 0.29) is 35.1 Å². The van der Waals surface area contributed by atoms with Crippen molar-refractivity contribution in [1.29, 1.82) is 0 Å². The second kappa shape index (κ2) is 7.56. The van der Waals surface area contributed by atoms with Crippen LogP contribution in [-0.4, -0.2) is 24.0 Å². The zero-order chi connectivity index (χ0) is 22.5. The number of nitrogens with zero attached hydrogens (tertiary/aromatic N) is 2. The Morgan fingerprint density at radius 1 is 1.26 bits per heavy atom. The monoisotopic (exact) mass is 434 g/mol. The van der Waals surface area contributed by atoms with Crippen LogP contribution in [0.25, 0.3) is 0 Å². The van der Waals surface area contributed by atoms with Crippen LogP contribution in [0.3, 0.4) is 0 Å². The van der Waals surface area contributed by atoms with E-state index in [1.54, 1.807) is 6.92 Å².